The Morgan fingerprint density at radius 3 is 2.89 bits per heavy atom. The van der Waals surface area contributed by atoms with Crippen molar-refractivity contribution < 1.29 is 4.92 Å². The lowest BCUT2D eigenvalue weighted by Gasteiger charge is -2.07. The third-order valence-electron chi connectivity index (χ3n) is 2.43. The fraction of sp³-hybridized carbons (Fsp3) is 0.200. The number of rotatable bonds is 4. The zero-order valence-corrected chi connectivity index (χ0v) is 11.1. The van der Waals surface area contributed by atoms with Crippen LogP contribution in [0.5, 0.6) is 0 Å². The lowest BCUT2D eigenvalue weighted by atomic mass is 10.3. The van der Waals surface area contributed by atoms with Gasteiger partial charge < -0.3 is 5.32 Å². The van der Waals surface area contributed by atoms with Crippen LogP contribution >= 0.6 is 15.9 Å². The quantitative estimate of drug-likeness (QED) is 0.690. The molecule has 0 fully saturated rings. The molecule has 0 spiro atoms. The summed E-state index contributed by atoms with van der Waals surface area (Å²) < 4.78 is 2.30. The summed E-state index contributed by atoms with van der Waals surface area (Å²) in [5, 5.41) is 21.3. The van der Waals surface area contributed by atoms with E-state index in [-0.39, 0.29) is 5.69 Å². The number of non-ortho nitro benzene ring substituents is 1. The van der Waals surface area contributed by atoms with Crippen LogP contribution < -0.4 is 5.32 Å². The number of benzene rings is 1. The molecule has 0 amide bonds. The molecule has 1 heterocycles. The Morgan fingerprint density at radius 2 is 2.33 bits per heavy atom. The number of halogens is 1. The van der Waals surface area contributed by atoms with Gasteiger partial charge in [0.2, 0.25) is 0 Å². The third kappa shape index (κ3) is 2.65. The standard InChI is InChI=1S/C10H10BrN5O2/c1-15-8(6-13-14-15)5-12-10-3-2-7(16(17)18)4-9(10)11/h2-4,6,12H,5H2,1H3. The molecule has 2 rings (SSSR count). The van der Waals surface area contributed by atoms with Crippen LogP contribution in [0.25, 0.3) is 0 Å². The van der Waals surface area contributed by atoms with E-state index in [9.17, 15) is 10.1 Å². The normalized spacial score (nSPS) is 10.3. The number of nitrogens with one attached hydrogen (secondary N) is 1. The SMILES string of the molecule is Cn1nncc1CNc1ccc([N+](=O)[O-])cc1Br. The van der Waals surface area contributed by atoms with E-state index >= 15 is 0 Å². The molecule has 7 nitrogen and oxygen atoms in total. The average Bonchev–Trinajstić information content (AvgIpc) is 2.73. The molecular weight excluding hydrogens is 302 g/mol. The lowest BCUT2D eigenvalue weighted by Crippen LogP contribution is -2.05. The molecule has 2 aromatic rings. The predicted molar refractivity (Wildman–Crippen MR) is 69.1 cm³/mol. The summed E-state index contributed by atoms with van der Waals surface area (Å²) >= 11 is 3.29. The molecule has 0 saturated carbocycles. The van der Waals surface area contributed by atoms with Crippen LogP contribution in [0.15, 0.2) is 28.9 Å². The van der Waals surface area contributed by atoms with E-state index < -0.39 is 4.92 Å². The fourth-order valence-electron chi connectivity index (χ4n) is 1.42. The summed E-state index contributed by atoms with van der Waals surface area (Å²) in [6, 6.07) is 4.57. The van der Waals surface area contributed by atoms with Crippen LogP contribution in [-0.4, -0.2) is 19.9 Å². The molecule has 1 N–H and O–H groups in total. The predicted octanol–water partition coefficient (Wildman–Crippen LogP) is 2.10. The molecule has 18 heavy (non-hydrogen) atoms. The number of hydrogen-bond acceptors (Lipinski definition) is 5. The maximum atomic E-state index is 10.6. The van der Waals surface area contributed by atoms with Crippen molar-refractivity contribution in [1.82, 2.24) is 15.0 Å². The molecular formula is C10H10BrN5O2. The van der Waals surface area contributed by atoms with E-state index in [1.54, 1.807) is 24.0 Å². The smallest absolute Gasteiger partial charge is 0.270 e. The van der Waals surface area contributed by atoms with Crippen LogP contribution in [0, 0.1) is 10.1 Å². The number of aromatic nitrogens is 3. The Kier molecular flexibility index (Phi) is 3.56. The first-order valence-corrected chi connectivity index (χ1v) is 5.88. The fourth-order valence-corrected chi connectivity index (χ4v) is 1.92. The number of hydrogen-bond donors (Lipinski definition) is 1. The summed E-state index contributed by atoms with van der Waals surface area (Å²) in [5.41, 5.74) is 1.75. The maximum Gasteiger partial charge on any atom is 0.270 e. The van der Waals surface area contributed by atoms with Crippen LogP contribution in [0.2, 0.25) is 0 Å². The first-order chi connectivity index (χ1) is 8.58. The highest BCUT2D eigenvalue weighted by Crippen LogP contribution is 2.27. The molecule has 1 aromatic heterocycles. The van der Waals surface area contributed by atoms with Gasteiger partial charge in [0.15, 0.2) is 0 Å². The maximum absolute atomic E-state index is 10.6. The lowest BCUT2D eigenvalue weighted by molar-refractivity contribution is -0.384. The van der Waals surface area contributed by atoms with Crippen molar-refractivity contribution in [3.63, 3.8) is 0 Å². The minimum atomic E-state index is -0.431. The topological polar surface area (TPSA) is 85.9 Å². The van der Waals surface area contributed by atoms with Gasteiger partial charge in [-0.2, -0.15) is 0 Å². The van der Waals surface area contributed by atoms with Gasteiger partial charge in [0.1, 0.15) is 0 Å². The zero-order valence-electron chi connectivity index (χ0n) is 9.50. The van der Waals surface area contributed by atoms with Gasteiger partial charge in [-0.05, 0) is 22.0 Å². The van der Waals surface area contributed by atoms with E-state index in [0.29, 0.717) is 11.0 Å². The largest absolute Gasteiger partial charge is 0.378 e. The highest BCUT2D eigenvalue weighted by atomic mass is 79.9. The number of anilines is 1. The second-order valence-electron chi connectivity index (χ2n) is 3.62. The Balaban J connectivity index is 2.11. The van der Waals surface area contributed by atoms with Gasteiger partial charge in [0.25, 0.3) is 5.69 Å². The van der Waals surface area contributed by atoms with Gasteiger partial charge in [-0.3, -0.25) is 14.8 Å². The highest BCUT2D eigenvalue weighted by molar-refractivity contribution is 9.10. The summed E-state index contributed by atoms with van der Waals surface area (Å²) in [4.78, 5) is 10.2. The number of nitrogens with zero attached hydrogens (tertiary/aromatic N) is 4. The number of nitro benzene ring substituents is 1. The Labute approximate surface area is 111 Å². The molecule has 94 valence electrons. The van der Waals surface area contributed by atoms with Gasteiger partial charge in [-0.15, -0.1) is 5.10 Å². The Hall–Kier alpha value is -1.96. The van der Waals surface area contributed by atoms with Crippen LogP contribution in [0.3, 0.4) is 0 Å². The van der Waals surface area contributed by atoms with Gasteiger partial charge >= 0.3 is 0 Å². The summed E-state index contributed by atoms with van der Waals surface area (Å²) in [5.74, 6) is 0. The van der Waals surface area contributed by atoms with E-state index in [4.69, 9.17) is 0 Å². The van der Waals surface area contributed by atoms with Crippen LogP contribution in [0.4, 0.5) is 11.4 Å². The van der Waals surface area contributed by atoms with Crippen molar-refractivity contribution >= 4 is 27.3 Å². The second-order valence-corrected chi connectivity index (χ2v) is 4.48. The minimum Gasteiger partial charge on any atom is -0.378 e. The molecule has 8 heteroatoms. The van der Waals surface area contributed by atoms with Crippen molar-refractivity contribution in [2.24, 2.45) is 7.05 Å². The molecule has 0 aliphatic carbocycles. The Morgan fingerprint density at radius 1 is 1.56 bits per heavy atom. The molecule has 0 atom stereocenters. The van der Waals surface area contributed by atoms with Crippen molar-refractivity contribution in [3.8, 4) is 0 Å². The van der Waals surface area contributed by atoms with Crippen LogP contribution in [-0.2, 0) is 13.6 Å². The third-order valence-corrected chi connectivity index (χ3v) is 3.09. The monoisotopic (exact) mass is 311 g/mol. The minimum absolute atomic E-state index is 0.0506. The second kappa shape index (κ2) is 5.13. The van der Waals surface area contributed by atoms with E-state index in [1.807, 2.05) is 0 Å². The van der Waals surface area contributed by atoms with Crippen LogP contribution in [0.1, 0.15) is 5.69 Å². The zero-order chi connectivity index (χ0) is 13.1. The van der Waals surface area contributed by atoms with E-state index in [2.05, 4.69) is 31.6 Å². The summed E-state index contributed by atoms with van der Waals surface area (Å²) in [6.07, 6.45) is 1.66. The number of aryl methyl sites for hydroxylation is 1. The molecule has 1 aromatic carbocycles. The first kappa shape index (κ1) is 12.5. The number of nitro groups is 1. The van der Waals surface area contributed by atoms with Crippen molar-refractivity contribution in [2.45, 2.75) is 6.54 Å². The van der Waals surface area contributed by atoms with Gasteiger partial charge in [0, 0.05) is 29.3 Å². The Bertz CT molecular complexity index is 583. The van der Waals surface area contributed by atoms with E-state index in [1.165, 1.54) is 12.1 Å². The molecule has 0 bridgehead atoms. The van der Waals surface area contributed by atoms with Crippen molar-refractivity contribution in [3.05, 3.63) is 44.7 Å². The first-order valence-electron chi connectivity index (χ1n) is 5.09. The van der Waals surface area contributed by atoms with Gasteiger partial charge in [0.05, 0.1) is 23.4 Å². The molecule has 0 saturated heterocycles. The highest BCUT2D eigenvalue weighted by Gasteiger charge is 2.09. The van der Waals surface area contributed by atoms with Crippen molar-refractivity contribution in [2.75, 3.05) is 5.32 Å². The molecule has 0 aliphatic heterocycles. The molecule has 0 unspecified atom stereocenters. The van der Waals surface area contributed by atoms with Gasteiger partial charge in [-0.1, -0.05) is 5.21 Å². The summed E-state index contributed by atoms with van der Waals surface area (Å²) in [6.45, 7) is 0.542. The molecule has 0 aliphatic rings. The van der Waals surface area contributed by atoms with Gasteiger partial charge in [-0.25, -0.2) is 0 Å². The van der Waals surface area contributed by atoms with E-state index in [0.717, 1.165) is 11.4 Å². The summed E-state index contributed by atoms with van der Waals surface area (Å²) in [7, 11) is 1.80. The molecule has 0 radical (unpaired) electrons. The van der Waals surface area contributed by atoms with Crippen molar-refractivity contribution in [1.29, 1.82) is 0 Å². The average molecular weight is 312 g/mol.